The van der Waals surface area contributed by atoms with Crippen molar-refractivity contribution < 1.29 is 0 Å². The zero-order valence-electron chi connectivity index (χ0n) is 25.0. The number of para-hydroxylation sites is 3. The maximum atomic E-state index is 2.48. The highest BCUT2D eigenvalue weighted by Gasteiger charge is 2.46. The van der Waals surface area contributed by atoms with Gasteiger partial charge in [-0.25, -0.2) is 0 Å². The summed E-state index contributed by atoms with van der Waals surface area (Å²) in [5.41, 5.74) is 13.4. The number of nitrogens with zero attached hydrogens (tertiary/aromatic N) is 2. The third kappa shape index (κ3) is 3.76. The van der Waals surface area contributed by atoms with E-state index in [1.54, 1.807) is 0 Å². The molecule has 0 atom stereocenters. The van der Waals surface area contributed by atoms with Gasteiger partial charge in [-0.2, -0.15) is 0 Å². The van der Waals surface area contributed by atoms with E-state index in [0.29, 0.717) is 0 Å². The maximum absolute atomic E-state index is 2.48. The van der Waals surface area contributed by atoms with Crippen molar-refractivity contribution in [1.29, 1.82) is 0 Å². The van der Waals surface area contributed by atoms with Crippen molar-refractivity contribution in [3.8, 4) is 5.69 Å². The van der Waals surface area contributed by atoms with Crippen molar-refractivity contribution in [3.63, 3.8) is 0 Å². The molecule has 9 rings (SSSR count). The highest BCUT2D eigenvalue weighted by Crippen LogP contribution is 2.57. The smallest absolute Gasteiger partial charge is 0.0742 e. The summed E-state index contributed by atoms with van der Waals surface area (Å²) in [6.45, 7) is 0. The van der Waals surface area contributed by atoms with Crippen LogP contribution in [-0.2, 0) is 11.8 Å². The molecule has 0 saturated carbocycles. The van der Waals surface area contributed by atoms with Gasteiger partial charge >= 0.3 is 0 Å². The molecule has 1 aliphatic carbocycles. The lowest BCUT2D eigenvalue weighted by molar-refractivity contribution is 0.731. The van der Waals surface area contributed by atoms with Crippen molar-refractivity contribution in [1.82, 2.24) is 4.57 Å². The van der Waals surface area contributed by atoms with Crippen LogP contribution in [0.5, 0.6) is 0 Å². The Morgan fingerprint density at radius 3 is 1.78 bits per heavy atom. The predicted molar refractivity (Wildman–Crippen MR) is 187 cm³/mol. The number of benzene rings is 6. The molecule has 214 valence electrons. The molecule has 0 radical (unpaired) electrons. The molecule has 2 nitrogen and oxygen atoms in total. The zero-order valence-corrected chi connectivity index (χ0v) is 25.0. The summed E-state index contributed by atoms with van der Waals surface area (Å²) < 4.78 is 2.48. The standard InChI is InChI=1S/C43H32N2/c1-3-16-31(17-4-1)43(32-18-5-2-6-19-32)37-24-9-13-28-41(37)45(42-29-14-10-25-38(42)43)34-21-15-20-33(30-34)44-39-26-11-7-22-35(39)36-23-8-12-27-40(36)44/h1-11,13-26,28-30H,12,27H2. The molecule has 2 aliphatic rings. The van der Waals surface area contributed by atoms with Crippen LogP contribution in [0, 0.1) is 0 Å². The summed E-state index contributed by atoms with van der Waals surface area (Å²) in [5, 5.41) is 1.32. The molecule has 2 heteroatoms. The Morgan fingerprint density at radius 1 is 0.511 bits per heavy atom. The number of hydrogen-bond donors (Lipinski definition) is 0. The predicted octanol–water partition coefficient (Wildman–Crippen LogP) is 10.8. The van der Waals surface area contributed by atoms with Crippen molar-refractivity contribution in [2.45, 2.75) is 18.3 Å². The van der Waals surface area contributed by atoms with Gasteiger partial charge in [-0.1, -0.05) is 133 Å². The van der Waals surface area contributed by atoms with Crippen LogP contribution < -0.4 is 4.90 Å². The molecule has 1 aromatic heterocycles. The highest BCUT2D eigenvalue weighted by molar-refractivity contribution is 5.94. The van der Waals surface area contributed by atoms with E-state index in [9.17, 15) is 0 Å². The van der Waals surface area contributed by atoms with Crippen molar-refractivity contribution in [2.75, 3.05) is 4.90 Å². The van der Waals surface area contributed by atoms with Gasteiger partial charge in [-0.05, 0) is 71.5 Å². The molecule has 0 saturated heterocycles. The number of aromatic nitrogens is 1. The zero-order chi connectivity index (χ0) is 29.8. The van der Waals surface area contributed by atoms with Gasteiger partial charge in [0, 0.05) is 28.0 Å². The fourth-order valence-electron chi connectivity index (χ4n) is 7.93. The molecule has 0 spiro atoms. The van der Waals surface area contributed by atoms with E-state index < -0.39 is 5.41 Å². The minimum atomic E-state index is -0.466. The number of anilines is 3. The number of rotatable bonds is 4. The molecule has 45 heavy (non-hydrogen) atoms. The van der Waals surface area contributed by atoms with Gasteiger partial charge in [-0.3, -0.25) is 0 Å². The number of fused-ring (bicyclic) bond motifs is 5. The van der Waals surface area contributed by atoms with E-state index in [0.717, 1.165) is 18.5 Å². The molecular weight excluding hydrogens is 544 g/mol. The fourth-order valence-corrected chi connectivity index (χ4v) is 7.93. The van der Waals surface area contributed by atoms with E-state index in [4.69, 9.17) is 0 Å². The summed E-state index contributed by atoms with van der Waals surface area (Å²) in [4.78, 5) is 2.47. The number of allylic oxidation sites excluding steroid dienone is 1. The summed E-state index contributed by atoms with van der Waals surface area (Å²) >= 11 is 0. The molecule has 6 aromatic carbocycles. The molecule has 2 heterocycles. The average Bonchev–Trinajstić information content (AvgIpc) is 3.46. The molecule has 0 fully saturated rings. The lowest BCUT2D eigenvalue weighted by Gasteiger charge is -2.46. The van der Waals surface area contributed by atoms with Crippen LogP contribution in [0.1, 0.15) is 39.9 Å². The maximum Gasteiger partial charge on any atom is 0.0742 e. The summed E-state index contributed by atoms with van der Waals surface area (Å²) in [6.07, 6.45) is 6.72. The lowest BCUT2D eigenvalue weighted by atomic mass is 9.62. The Kier molecular flexibility index (Phi) is 5.89. The molecule has 0 unspecified atom stereocenters. The second-order valence-corrected chi connectivity index (χ2v) is 12.0. The number of hydrogen-bond acceptors (Lipinski definition) is 1. The van der Waals surface area contributed by atoms with Crippen molar-refractivity contribution in [2.24, 2.45) is 0 Å². The molecule has 0 amide bonds. The Labute approximate surface area is 264 Å². The minimum absolute atomic E-state index is 0.466. The first-order valence-electron chi connectivity index (χ1n) is 15.9. The van der Waals surface area contributed by atoms with Gasteiger partial charge in [-0.15, -0.1) is 0 Å². The van der Waals surface area contributed by atoms with E-state index in [1.807, 2.05) is 0 Å². The first kappa shape index (κ1) is 25.9. The molecule has 7 aromatic rings. The SMILES string of the molecule is C1=Cc2c(n(-c3cccc(N4c5ccccc5C(c5ccccc5)(c5ccccc5)c5ccccc54)c3)c3ccccc23)CC1. The molecule has 0 N–H and O–H groups in total. The van der Waals surface area contributed by atoms with Crippen LogP contribution in [0.15, 0.2) is 164 Å². The van der Waals surface area contributed by atoms with Crippen LogP contribution >= 0.6 is 0 Å². The quantitative estimate of drug-likeness (QED) is 0.202. The third-order valence-corrected chi connectivity index (χ3v) is 9.71. The van der Waals surface area contributed by atoms with Crippen LogP contribution in [0.3, 0.4) is 0 Å². The van der Waals surface area contributed by atoms with Crippen LogP contribution in [0.4, 0.5) is 17.1 Å². The normalized spacial score (nSPS) is 14.5. The highest BCUT2D eigenvalue weighted by atomic mass is 15.2. The second kappa shape index (κ2) is 10.2. The lowest BCUT2D eigenvalue weighted by Crippen LogP contribution is -2.37. The first-order valence-corrected chi connectivity index (χ1v) is 15.9. The summed E-state index contributed by atoms with van der Waals surface area (Å²) in [7, 11) is 0. The van der Waals surface area contributed by atoms with Crippen molar-refractivity contribution in [3.05, 3.63) is 197 Å². The Bertz CT molecular complexity index is 2130. The monoisotopic (exact) mass is 576 g/mol. The average molecular weight is 577 g/mol. The second-order valence-electron chi connectivity index (χ2n) is 12.0. The van der Waals surface area contributed by atoms with Gasteiger partial charge in [0.15, 0.2) is 0 Å². The summed E-state index contributed by atoms with van der Waals surface area (Å²) in [5.74, 6) is 0. The topological polar surface area (TPSA) is 8.17 Å². The Hall–Kier alpha value is -5.60. The first-order chi connectivity index (χ1) is 22.4. The van der Waals surface area contributed by atoms with Crippen LogP contribution in [0.2, 0.25) is 0 Å². The fraction of sp³-hybridized carbons (Fsp3) is 0.0698. The van der Waals surface area contributed by atoms with Crippen LogP contribution in [-0.4, -0.2) is 4.57 Å². The Balaban J connectivity index is 1.31. The van der Waals surface area contributed by atoms with E-state index in [2.05, 4.69) is 179 Å². The van der Waals surface area contributed by atoms with Gasteiger partial charge < -0.3 is 9.47 Å². The summed E-state index contributed by atoms with van der Waals surface area (Å²) in [6, 6.07) is 57.9. The van der Waals surface area contributed by atoms with E-state index in [1.165, 1.54) is 61.5 Å². The van der Waals surface area contributed by atoms with E-state index in [-0.39, 0.29) is 0 Å². The third-order valence-electron chi connectivity index (χ3n) is 9.71. The minimum Gasteiger partial charge on any atom is -0.313 e. The van der Waals surface area contributed by atoms with Crippen molar-refractivity contribution >= 4 is 34.0 Å². The Morgan fingerprint density at radius 2 is 1.09 bits per heavy atom. The molecule has 0 bridgehead atoms. The molecule has 1 aliphatic heterocycles. The van der Waals surface area contributed by atoms with Crippen LogP contribution in [0.25, 0.3) is 22.7 Å². The molecular formula is C43H32N2. The van der Waals surface area contributed by atoms with Gasteiger partial charge in [0.1, 0.15) is 0 Å². The van der Waals surface area contributed by atoms with E-state index >= 15 is 0 Å². The van der Waals surface area contributed by atoms with Gasteiger partial charge in [0.05, 0.1) is 22.3 Å². The largest absolute Gasteiger partial charge is 0.313 e. The van der Waals surface area contributed by atoms with Gasteiger partial charge in [0.2, 0.25) is 0 Å². The van der Waals surface area contributed by atoms with Gasteiger partial charge in [0.25, 0.3) is 0 Å².